The average Bonchev–Trinajstić information content (AvgIpc) is 3.50. The standard InChI is InChI=1S/C22H28O2.C19H28O2/c1-4-21-13-14(3)20-17-9-7-16(23)12-15(17)6-8-18(20)19(21)10-11-22(21,24)5-2;1-18-9-7-13(20)11-12(18)3-4-14-15-5-6-17(21)19(15,2)10-8-16(14)18/h2,12,17-20,24H,3-4,6-11,13H2,1H3;11,14-17,21H,3-10H2,1-2H3/t17-,18-,19-,20+,21-,22-;14-,15-,16-,17-,18-,19-/m00/s1. The van der Waals surface area contributed by atoms with Crippen molar-refractivity contribution < 1.29 is 19.8 Å². The van der Waals surface area contributed by atoms with Crippen LogP contribution in [0.5, 0.6) is 0 Å². The summed E-state index contributed by atoms with van der Waals surface area (Å²) in [7, 11) is 0. The third kappa shape index (κ3) is 4.53. The summed E-state index contributed by atoms with van der Waals surface area (Å²) in [5, 5.41) is 21.6. The molecule has 0 aromatic rings. The molecule has 0 heterocycles. The van der Waals surface area contributed by atoms with Crippen molar-refractivity contribution in [3.05, 3.63) is 35.5 Å². The third-order valence-electron chi connectivity index (χ3n) is 15.8. The van der Waals surface area contributed by atoms with Crippen LogP contribution >= 0.6 is 0 Å². The second kappa shape index (κ2) is 11.1. The molecule has 4 nitrogen and oxygen atoms in total. The van der Waals surface area contributed by atoms with Crippen LogP contribution in [0.2, 0.25) is 0 Å². The van der Waals surface area contributed by atoms with Crippen LogP contribution in [0.15, 0.2) is 35.5 Å². The zero-order valence-electron chi connectivity index (χ0n) is 28.1. The molecule has 8 aliphatic carbocycles. The van der Waals surface area contributed by atoms with Crippen LogP contribution in [-0.2, 0) is 9.59 Å². The van der Waals surface area contributed by atoms with Gasteiger partial charge in [0.05, 0.1) is 6.10 Å². The van der Waals surface area contributed by atoms with Crippen molar-refractivity contribution in [3.63, 3.8) is 0 Å². The molecular formula is C41H56O4. The predicted octanol–water partition coefficient (Wildman–Crippen LogP) is 7.93. The van der Waals surface area contributed by atoms with Crippen LogP contribution in [0.3, 0.4) is 0 Å². The van der Waals surface area contributed by atoms with Crippen molar-refractivity contribution in [3.8, 4) is 12.3 Å². The lowest BCUT2D eigenvalue weighted by Crippen LogP contribution is -2.54. The number of hydrogen-bond donors (Lipinski definition) is 2. The maximum atomic E-state index is 11.8. The molecule has 0 amide bonds. The Labute approximate surface area is 271 Å². The number of aliphatic hydroxyl groups is 2. The molecule has 8 aliphatic rings. The van der Waals surface area contributed by atoms with E-state index in [0.29, 0.717) is 47.6 Å². The molecular weight excluding hydrogens is 556 g/mol. The number of rotatable bonds is 1. The van der Waals surface area contributed by atoms with Crippen molar-refractivity contribution in [1.29, 1.82) is 0 Å². The minimum absolute atomic E-state index is 0.0823. The fourth-order valence-corrected chi connectivity index (χ4v) is 13.4. The van der Waals surface area contributed by atoms with Crippen LogP contribution in [0.4, 0.5) is 0 Å². The molecule has 244 valence electrons. The van der Waals surface area contributed by atoms with E-state index in [1.807, 2.05) is 12.2 Å². The summed E-state index contributed by atoms with van der Waals surface area (Å²) in [6, 6.07) is 0. The third-order valence-corrected chi connectivity index (χ3v) is 15.8. The van der Waals surface area contributed by atoms with Gasteiger partial charge in [-0.3, -0.25) is 9.59 Å². The molecule has 0 radical (unpaired) electrons. The normalized spacial score (nSPS) is 49.8. The summed E-state index contributed by atoms with van der Waals surface area (Å²) in [6.07, 6.45) is 25.8. The summed E-state index contributed by atoms with van der Waals surface area (Å²) in [4.78, 5) is 23.6. The summed E-state index contributed by atoms with van der Waals surface area (Å²) in [5.41, 5.74) is 3.36. The van der Waals surface area contributed by atoms with E-state index < -0.39 is 5.60 Å². The van der Waals surface area contributed by atoms with Crippen LogP contribution in [-0.4, -0.2) is 33.5 Å². The Morgan fingerprint density at radius 1 is 0.867 bits per heavy atom. The number of hydrogen-bond acceptors (Lipinski definition) is 4. The Morgan fingerprint density at radius 3 is 2.36 bits per heavy atom. The number of terminal acetylenes is 1. The molecule has 45 heavy (non-hydrogen) atoms. The van der Waals surface area contributed by atoms with Crippen LogP contribution < -0.4 is 0 Å². The first kappa shape index (κ1) is 31.6. The highest BCUT2D eigenvalue weighted by atomic mass is 16.3. The molecule has 4 heteroatoms. The number of ketones is 2. The lowest BCUT2D eigenvalue weighted by atomic mass is 9.47. The molecule has 0 aromatic carbocycles. The van der Waals surface area contributed by atoms with E-state index >= 15 is 0 Å². The Balaban J connectivity index is 0.000000146. The highest BCUT2D eigenvalue weighted by molar-refractivity contribution is 5.92. The molecule has 6 saturated carbocycles. The predicted molar refractivity (Wildman–Crippen MR) is 178 cm³/mol. The average molecular weight is 613 g/mol. The summed E-state index contributed by atoms with van der Waals surface area (Å²) in [5.74, 6) is 7.70. The molecule has 0 spiro atoms. The van der Waals surface area contributed by atoms with Crippen LogP contribution in [0, 0.1) is 70.0 Å². The summed E-state index contributed by atoms with van der Waals surface area (Å²) >= 11 is 0. The van der Waals surface area contributed by atoms with Gasteiger partial charge >= 0.3 is 0 Å². The number of aliphatic hydroxyl groups excluding tert-OH is 1. The number of fused-ring (bicyclic) bond motifs is 10. The van der Waals surface area contributed by atoms with E-state index in [0.717, 1.165) is 82.5 Å². The minimum atomic E-state index is -0.973. The van der Waals surface area contributed by atoms with Gasteiger partial charge in [0.2, 0.25) is 0 Å². The number of carbonyl (C=O) groups is 2. The number of carbonyl (C=O) groups excluding carboxylic acids is 2. The molecule has 12 atom stereocenters. The molecule has 0 saturated heterocycles. The minimum Gasteiger partial charge on any atom is -0.393 e. The second-order valence-corrected chi connectivity index (χ2v) is 17.2. The van der Waals surface area contributed by atoms with Gasteiger partial charge in [0.15, 0.2) is 11.6 Å². The van der Waals surface area contributed by atoms with Gasteiger partial charge in [0.25, 0.3) is 0 Å². The van der Waals surface area contributed by atoms with Crippen molar-refractivity contribution in [1.82, 2.24) is 0 Å². The Hall–Kier alpha value is -1.96. The van der Waals surface area contributed by atoms with Gasteiger partial charge < -0.3 is 10.2 Å². The molecule has 0 aliphatic heterocycles. The van der Waals surface area contributed by atoms with Gasteiger partial charge in [0, 0.05) is 18.3 Å². The lowest BCUT2D eigenvalue weighted by Gasteiger charge is -2.57. The first-order valence-electron chi connectivity index (χ1n) is 18.4. The second-order valence-electron chi connectivity index (χ2n) is 17.2. The largest absolute Gasteiger partial charge is 0.393 e. The van der Waals surface area contributed by atoms with Crippen molar-refractivity contribution in [2.24, 2.45) is 57.7 Å². The zero-order chi connectivity index (χ0) is 31.9. The highest BCUT2D eigenvalue weighted by Crippen LogP contribution is 2.68. The number of allylic oxidation sites excluding steroid dienone is 3. The van der Waals surface area contributed by atoms with E-state index in [1.54, 1.807) is 0 Å². The van der Waals surface area contributed by atoms with Gasteiger partial charge in [-0.2, -0.15) is 0 Å². The van der Waals surface area contributed by atoms with Crippen LogP contribution in [0.25, 0.3) is 0 Å². The van der Waals surface area contributed by atoms with E-state index in [9.17, 15) is 19.8 Å². The van der Waals surface area contributed by atoms with Gasteiger partial charge in [-0.1, -0.05) is 50.0 Å². The fourth-order valence-electron chi connectivity index (χ4n) is 13.4. The summed E-state index contributed by atoms with van der Waals surface area (Å²) < 4.78 is 0. The van der Waals surface area contributed by atoms with E-state index in [1.165, 1.54) is 42.4 Å². The molecule has 0 aromatic heterocycles. The van der Waals surface area contributed by atoms with E-state index in [-0.39, 0.29) is 22.3 Å². The van der Waals surface area contributed by atoms with Crippen molar-refractivity contribution in [2.45, 2.75) is 135 Å². The molecule has 8 rings (SSSR count). The van der Waals surface area contributed by atoms with Gasteiger partial charge in [-0.05, 0) is 154 Å². The SMILES string of the molecule is C#C[C@]1(O)CC[C@H]2[C@@H]3CCC4=CC(=O)CC[C@@H]4[C@H]3C(=C)C[C@@]21CC.C[C@]12CC[C@H]3[C@@H](CCC4=CC(=O)CC[C@@]43C)[C@@H]1CC[C@@H]2O. The first-order valence-corrected chi connectivity index (χ1v) is 18.4. The first-order chi connectivity index (χ1) is 21.4. The van der Waals surface area contributed by atoms with E-state index in [4.69, 9.17) is 6.42 Å². The van der Waals surface area contributed by atoms with Crippen LogP contribution in [0.1, 0.15) is 124 Å². The van der Waals surface area contributed by atoms with Gasteiger partial charge in [-0.25, -0.2) is 0 Å². The van der Waals surface area contributed by atoms with Crippen molar-refractivity contribution in [2.75, 3.05) is 0 Å². The maximum absolute atomic E-state index is 11.8. The monoisotopic (exact) mass is 612 g/mol. The van der Waals surface area contributed by atoms with Crippen molar-refractivity contribution >= 4 is 11.6 Å². The van der Waals surface area contributed by atoms with Gasteiger partial charge in [0.1, 0.15) is 5.60 Å². The molecule has 6 fully saturated rings. The molecule has 2 N–H and O–H groups in total. The molecule has 0 bridgehead atoms. The van der Waals surface area contributed by atoms with Gasteiger partial charge in [-0.15, -0.1) is 6.42 Å². The Morgan fingerprint density at radius 2 is 1.60 bits per heavy atom. The fraction of sp³-hybridized carbons (Fsp3) is 0.756. The summed E-state index contributed by atoms with van der Waals surface area (Å²) in [6.45, 7) is 11.4. The quantitative estimate of drug-likeness (QED) is 0.233. The smallest absolute Gasteiger partial charge is 0.155 e. The maximum Gasteiger partial charge on any atom is 0.155 e. The Bertz CT molecular complexity index is 1380. The van der Waals surface area contributed by atoms with E-state index in [2.05, 4.69) is 33.3 Å². The molecule has 0 unspecified atom stereocenters. The lowest BCUT2D eigenvalue weighted by molar-refractivity contribution is -0.118. The topological polar surface area (TPSA) is 74.6 Å². The Kier molecular flexibility index (Phi) is 7.77. The zero-order valence-corrected chi connectivity index (χ0v) is 28.1. The highest BCUT2D eigenvalue weighted by Gasteiger charge is 2.64.